The summed E-state index contributed by atoms with van der Waals surface area (Å²) < 4.78 is 0. The largest absolute Gasteiger partial charge is 0.384 e. The van der Waals surface area contributed by atoms with E-state index in [0.29, 0.717) is 6.42 Å². The van der Waals surface area contributed by atoms with E-state index in [2.05, 4.69) is 29.6 Å². The number of nitrogens with zero attached hydrogens (tertiary/aromatic N) is 1. The smallest absolute Gasteiger partial charge is 0.0640 e. The van der Waals surface area contributed by atoms with Crippen LogP contribution in [0, 0.1) is 11.3 Å². The first-order chi connectivity index (χ1) is 7.40. The van der Waals surface area contributed by atoms with E-state index in [0.717, 1.165) is 12.2 Å². The average Bonchev–Trinajstić information content (AvgIpc) is 2.29. The van der Waals surface area contributed by atoms with Crippen molar-refractivity contribution < 1.29 is 0 Å². The molecule has 78 valence electrons. The second kappa shape index (κ2) is 5.09. The quantitative estimate of drug-likeness (QED) is 0.792. The van der Waals surface area contributed by atoms with Crippen LogP contribution in [0.2, 0.25) is 0 Å². The molecule has 0 fully saturated rings. The number of nitriles is 1. The lowest BCUT2D eigenvalue weighted by molar-refractivity contribution is 0.889. The first-order valence-electron chi connectivity index (χ1n) is 5.27. The van der Waals surface area contributed by atoms with Gasteiger partial charge in [0.2, 0.25) is 0 Å². The van der Waals surface area contributed by atoms with Crippen molar-refractivity contribution in [3.8, 4) is 6.07 Å². The zero-order valence-electron chi connectivity index (χ0n) is 8.62. The fourth-order valence-electron chi connectivity index (χ4n) is 1.73. The summed E-state index contributed by atoms with van der Waals surface area (Å²) in [5.41, 5.74) is 2.60. The van der Waals surface area contributed by atoms with Crippen LogP contribution in [0.25, 0.3) is 0 Å². The molecule has 15 heavy (non-hydrogen) atoms. The SMILES string of the molecule is N#CCCNc1ccc2c(c1)CCCS2. The topological polar surface area (TPSA) is 35.8 Å². The van der Waals surface area contributed by atoms with Crippen LogP contribution in [-0.4, -0.2) is 12.3 Å². The van der Waals surface area contributed by atoms with Gasteiger partial charge in [0, 0.05) is 17.1 Å². The maximum absolute atomic E-state index is 8.44. The van der Waals surface area contributed by atoms with Crippen LogP contribution in [0.5, 0.6) is 0 Å². The summed E-state index contributed by atoms with van der Waals surface area (Å²) in [6.45, 7) is 0.739. The first-order valence-corrected chi connectivity index (χ1v) is 6.25. The third-order valence-corrected chi connectivity index (χ3v) is 3.68. The number of thioether (sulfide) groups is 1. The molecule has 0 radical (unpaired) electrons. The summed E-state index contributed by atoms with van der Waals surface area (Å²) >= 11 is 1.95. The molecule has 0 saturated heterocycles. The number of hydrogen-bond acceptors (Lipinski definition) is 3. The third-order valence-electron chi connectivity index (χ3n) is 2.47. The zero-order valence-corrected chi connectivity index (χ0v) is 9.44. The number of benzene rings is 1. The van der Waals surface area contributed by atoms with Crippen molar-refractivity contribution in [2.24, 2.45) is 0 Å². The molecule has 0 bridgehead atoms. The molecule has 1 aromatic rings. The van der Waals surface area contributed by atoms with Gasteiger partial charge >= 0.3 is 0 Å². The van der Waals surface area contributed by atoms with Gasteiger partial charge in [0.15, 0.2) is 0 Å². The molecule has 1 aliphatic rings. The molecule has 1 heterocycles. The Morgan fingerprint density at radius 3 is 3.27 bits per heavy atom. The average molecular weight is 218 g/mol. The second-order valence-electron chi connectivity index (χ2n) is 3.61. The summed E-state index contributed by atoms with van der Waals surface area (Å²) in [4.78, 5) is 1.42. The van der Waals surface area contributed by atoms with Gasteiger partial charge in [0.05, 0.1) is 12.5 Å². The van der Waals surface area contributed by atoms with Crippen LogP contribution in [0.4, 0.5) is 5.69 Å². The highest BCUT2D eigenvalue weighted by atomic mass is 32.2. The highest BCUT2D eigenvalue weighted by molar-refractivity contribution is 7.99. The lowest BCUT2D eigenvalue weighted by Gasteiger charge is -2.16. The summed E-state index contributed by atoms with van der Waals surface area (Å²) in [6, 6.07) is 8.65. The Balaban J connectivity index is 2.04. The number of fused-ring (bicyclic) bond motifs is 1. The van der Waals surface area contributed by atoms with Crippen LogP contribution in [-0.2, 0) is 6.42 Å². The molecule has 0 amide bonds. The highest BCUT2D eigenvalue weighted by Gasteiger charge is 2.09. The van der Waals surface area contributed by atoms with Gasteiger partial charge in [-0.1, -0.05) is 0 Å². The van der Waals surface area contributed by atoms with Crippen LogP contribution < -0.4 is 5.32 Å². The molecule has 1 N–H and O–H groups in total. The molecule has 0 atom stereocenters. The normalized spacial score (nSPS) is 14.1. The maximum atomic E-state index is 8.44. The molecular formula is C12H14N2S. The van der Waals surface area contributed by atoms with Crippen LogP contribution in [0.1, 0.15) is 18.4 Å². The molecule has 0 aliphatic carbocycles. The van der Waals surface area contributed by atoms with Gasteiger partial charge in [-0.25, -0.2) is 0 Å². The van der Waals surface area contributed by atoms with Crippen molar-refractivity contribution in [1.82, 2.24) is 0 Å². The van der Waals surface area contributed by atoms with E-state index in [1.165, 1.54) is 29.1 Å². The Kier molecular flexibility index (Phi) is 3.52. The second-order valence-corrected chi connectivity index (χ2v) is 4.75. The van der Waals surface area contributed by atoms with E-state index in [4.69, 9.17) is 5.26 Å². The molecule has 0 unspecified atom stereocenters. The molecule has 2 rings (SSSR count). The van der Waals surface area contributed by atoms with E-state index in [1.807, 2.05) is 11.8 Å². The monoisotopic (exact) mass is 218 g/mol. The van der Waals surface area contributed by atoms with Gasteiger partial charge in [-0.2, -0.15) is 5.26 Å². The molecule has 1 aliphatic heterocycles. The number of rotatable bonds is 3. The number of aryl methyl sites for hydroxylation is 1. The summed E-state index contributed by atoms with van der Waals surface area (Å²) in [6.07, 6.45) is 3.03. The molecule has 2 nitrogen and oxygen atoms in total. The van der Waals surface area contributed by atoms with E-state index < -0.39 is 0 Å². The van der Waals surface area contributed by atoms with E-state index in [-0.39, 0.29) is 0 Å². The predicted molar refractivity (Wildman–Crippen MR) is 64.2 cm³/mol. The van der Waals surface area contributed by atoms with Gasteiger partial charge in [-0.05, 0) is 42.4 Å². The standard InChI is InChI=1S/C12H14N2S/c13-6-2-7-14-11-4-5-12-10(9-11)3-1-8-15-12/h4-5,9,14H,1-3,7-8H2. The minimum Gasteiger partial charge on any atom is -0.384 e. The molecule has 3 heteroatoms. The lowest BCUT2D eigenvalue weighted by atomic mass is 10.1. The minimum atomic E-state index is 0.561. The lowest BCUT2D eigenvalue weighted by Crippen LogP contribution is -2.03. The molecule has 1 aromatic carbocycles. The molecule has 0 spiro atoms. The van der Waals surface area contributed by atoms with Crippen LogP contribution in [0.3, 0.4) is 0 Å². The van der Waals surface area contributed by atoms with Crippen molar-refractivity contribution in [2.45, 2.75) is 24.2 Å². The van der Waals surface area contributed by atoms with Gasteiger partial charge in [0.1, 0.15) is 0 Å². The van der Waals surface area contributed by atoms with E-state index >= 15 is 0 Å². The Bertz CT molecular complexity index is 382. The molecule has 0 saturated carbocycles. The predicted octanol–water partition coefficient (Wildman–Crippen LogP) is 3.05. The summed E-state index contributed by atoms with van der Waals surface area (Å²) in [5, 5.41) is 11.7. The highest BCUT2D eigenvalue weighted by Crippen LogP contribution is 2.31. The van der Waals surface area contributed by atoms with Gasteiger partial charge in [0.25, 0.3) is 0 Å². The number of nitrogens with one attached hydrogen (secondary N) is 1. The summed E-state index contributed by atoms with van der Waals surface area (Å²) in [5.74, 6) is 1.24. The van der Waals surface area contributed by atoms with Crippen molar-refractivity contribution in [3.63, 3.8) is 0 Å². The van der Waals surface area contributed by atoms with Crippen LogP contribution >= 0.6 is 11.8 Å². The number of hydrogen-bond donors (Lipinski definition) is 1. The Labute approximate surface area is 94.7 Å². The number of anilines is 1. The zero-order chi connectivity index (χ0) is 10.5. The van der Waals surface area contributed by atoms with E-state index in [1.54, 1.807) is 0 Å². The minimum absolute atomic E-state index is 0.561. The molecular weight excluding hydrogens is 204 g/mol. The Morgan fingerprint density at radius 1 is 1.47 bits per heavy atom. The third kappa shape index (κ3) is 2.66. The van der Waals surface area contributed by atoms with Crippen molar-refractivity contribution >= 4 is 17.4 Å². The van der Waals surface area contributed by atoms with Crippen molar-refractivity contribution in [2.75, 3.05) is 17.6 Å². The maximum Gasteiger partial charge on any atom is 0.0640 e. The molecule has 0 aromatic heterocycles. The van der Waals surface area contributed by atoms with E-state index in [9.17, 15) is 0 Å². The van der Waals surface area contributed by atoms with Crippen LogP contribution in [0.15, 0.2) is 23.1 Å². The Hall–Kier alpha value is -1.14. The van der Waals surface area contributed by atoms with Crippen molar-refractivity contribution in [3.05, 3.63) is 23.8 Å². The Morgan fingerprint density at radius 2 is 2.40 bits per heavy atom. The van der Waals surface area contributed by atoms with Gasteiger partial charge in [-0.3, -0.25) is 0 Å². The first kappa shape index (κ1) is 10.4. The fraction of sp³-hybridized carbons (Fsp3) is 0.417. The fourth-order valence-corrected chi connectivity index (χ4v) is 2.75. The van der Waals surface area contributed by atoms with Crippen molar-refractivity contribution in [1.29, 1.82) is 5.26 Å². The summed E-state index contributed by atoms with van der Waals surface area (Å²) in [7, 11) is 0. The van der Waals surface area contributed by atoms with Gasteiger partial charge < -0.3 is 5.32 Å². The van der Waals surface area contributed by atoms with Gasteiger partial charge in [-0.15, -0.1) is 11.8 Å².